The van der Waals surface area contributed by atoms with Crippen LogP contribution < -0.4 is 16.8 Å². The molecule has 9 heteroatoms. The molecule has 0 bridgehead atoms. The highest BCUT2D eigenvalue weighted by Gasteiger charge is 2.17. The first kappa shape index (κ1) is 14.9. The Hall–Kier alpha value is -2.55. The first-order chi connectivity index (χ1) is 9.95. The van der Waals surface area contributed by atoms with Crippen molar-refractivity contribution in [2.24, 2.45) is 5.73 Å². The minimum Gasteiger partial charge on any atom is -0.368 e. The number of nitrogen functional groups attached to an aromatic ring is 1. The molecule has 0 radical (unpaired) electrons. The number of carbonyl (C=O) groups excluding carboxylic acids is 2. The zero-order valence-corrected chi connectivity index (χ0v) is 12.0. The van der Waals surface area contributed by atoms with Crippen molar-refractivity contribution in [2.75, 3.05) is 11.1 Å². The molecule has 0 saturated heterocycles. The summed E-state index contributed by atoms with van der Waals surface area (Å²) in [6, 6.07) is 6.32. The van der Waals surface area contributed by atoms with E-state index >= 15 is 0 Å². The maximum Gasteiger partial charge on any atom is 0.248 e. The van der Waals surface area contributed by atoms with Crippen LogP contribution in [-0.4, -0.2) is 32.2 Å². The van der Waals surface area contributed by atoms with E-state index < -0.39 is 11.2 Å². The largest absolute Gasteiger partial charge is 0.368 e. The predicted molar refractivity (Wildman–Crippen MR) is 79.7 cm³/mol. The van der Waals surface area contributed by atoms with Crippen LogP contribution in [-0.2, 0) is 4.79 Å². The Bertz CT molecular complexity index is 654. The van der Waals surface area contributed by atoms with Gasteiger partial charge in [-0.1, -0.05) is 11.8 Å². The lowest BCUT2D eigenvalue weighted by Crippen LogP contribution is -2.22. The average molecular weight is 306 g/mol. The molecule has 0 spiro atoms. The van der Waals surface area contributed by atoms with Gasteiger partial charge >= 0.3 is 0 Å². The summed E-state index contributed by atoms with van der Waals surface area (Å²) in [6.45, 7) is 1.73. The third-order valence-corrected chi connectivity index (χ3v) is 3.53. The second-order valence-corrected chi connectivity index (χ2v) is 5.50. The smallest absolute Gasteiger partial charge is 0.248 e. The van der Waals surface area contributed by atoms with E-state index in [-0.39, 0.29) is 11.9 Å². The van der Waals surface area contributed by atoms with Crippen molar-refractivity contribution >= 4 is 35.2 Å². The lowest BCUT2D eigenvalue weighted by molar-refractivity contribution is -0.115. The predicted octanol–water partition coefficient (Wildman–Crippen LogP) is 0.605. The molecular weight excluding hydrogens is 292 g/mol. The third-order valence-electron chi connectivity index (χ3n) is 2.57. The number of H-pyrrole nitrogens is 1. The molecule has 2 aromatic rings. The Kier molecular flexibility index (Phi) is 4.43. The SMILES string of the molecule is C[C@H](Sc1n[nH]c(N)n1)C(=O)Nc1ccc(C(N)=O)cc1. The van der Waals surface area contributed by atoms with Crippen molar-refractivity contribution in [3.05, 3.63) is 29.8 Å². The maximum atomic E-state index is 12.0. The summed E-state index contributed by atoms with van der Waals surface area (Å²) >= 11 is 1.18. The zero-order valence-electron chi connectivity index (χ0n) is 11.2. The van der Waals surface area contributed by atoms with Gasteiger partial charge in [-0.25, -0.2) is 5.10 Å². The van der Waals surface area contributed by atoms with Crippen LogP contribution in [0.3, 0.4) is 0 Å². The zero-order chi connectivity index (χ0) is 15.4. The lowest BCUT2D eigenvalue weighted by Gasteiger charge is -2.10. The number of nitrogens with two attached hydrogens (primary N) is 2. The standard InChI is InChI=1S/C12H14N6O2S/c1-6(21-12-16-11(14)17-18-12)10(20)15-8-4-2-7(3-5-8)9(13)19/h2-6H,1H3,(H2,13,19)(H,15,20)(H3,14,16,17,18)/t6-/m0/s1. The van der Waals surface area contributed by atoms with Gasteiger partial charge in [0, 0.05) is 11.3 Å². The molecule has 1 aromatic heterocycles. The molecule has 0 fully saturated rings. The van der Waals surface area contributed by atoms with Gasteiger partial charge in [0.2, 0.25) is 22.9 Å². The highest BCUT2D eigenvalue weighted by atomic mass is 32.2. The molecule has 0 aliphatic carbocycles. The quantitative estimate of drug-likeness (QED) is 0.596. The highest BCUT2D eigenvalue weighted by molar-refractivity contribution is 8.00. The Morgan fingerprint density at radius 2 is 2.00 bits per heavy atom. The highest BCUT2D eigenvalue weighted by Crippen LogP contribution is 2.21. The fourth-order valence-electron chi connectivity index (χ4n) is 1.48. The number of aromatic amines is 1. The number of carbonyl (C=O) groups is 2. The second-order valence-electron chi connectivity index (χ2n) is 4.19. The number of nitrogens with one attached hydrogen (secondary N) is 2. The molecule has 0 saturated carbocycles. The summed E-state index contributed by atoms with van der Waals surface area (Å²) in [7, 11) is 0. The van der Waals surface area contributed by atoms with E-state index in [9.17, 15) is 9.59 Å². The van der Waals surface area contributed by atoms with Crippen molar-refractivity contribution in [3.63, 3.8) is 0 Å². The van der Waals surface area contributed by atoms with Crippen LogP contribution in [0.15, 0.2) is 29.4 Å². The normalized spacial score (nSPS) is 11.9. The van der Waals surface area contributed by atoms with Crippen LogP contribution in [0.1, 0.15) is 17.3 Å². The number of nitrogens with zero attached hydrogens (tertiary/aromatic N) is 2. The van der Waals surface area contributed by atoms with E-state index in [1.807, 2.05) is 0 Å². The second kappa shape index (κ2) is 6.27. The molecule has 21 heavy (non-hydrogen) atoms. The molecular formula is C12H14N6O2S. The maximum absolute atomic E-state index is 12.0. The van der Waals surface area contributed by atoms with E-state index in [2.05, 4.69) is 20.5 Å². The fraction of sp³-hybridized carbons (Fsp3) is 0.167. The first-order valence-electron chi connectivity index (χ1n) is 6.01. The molecule has 0 aliphatic heterocycles. The van der Waals surface area contributed by atoms with Gasteiger partial charge < -0.3 is 16.8 Å². The minimum atomic E-state index is -0.515. The molecule has 2 amide bonds. The first-order valence-corrected chi connectivity index (χ1v) is 6.89. The van der Waals surface area contributed by atoms with E-state index in [1.54, 1.807) is 31.2 Å². The summed E-state index contributed by atoms with van der Waals surface area (Å²) in [5.41, 5.74) is 11.5. The number of benzene rings is 1. The molecule has 2 rings (SSSR count). The van der Waals surface area contributed by atoms with Crippen LogP contribution in [0.25, 0.3) is 0 Å². The number of hydrogen-bond donors (Lipinski definition) is 4. The van der Waals surface area contributed by atoms with Gasteiger partial charge in [-0.2, -0.15) is 4.98 Å². The van der Waals surface area contributed by atoms with Gasteiger partial charge in [-0.05, 0) is 31.2 Å². The van der Waals surface area contributed by atoms with Crippen LogP contribution in [0.2, 0.25) is 0 Å². The fourth-order valence-corrected chi connectivity index (χ4v) is 2.22. The summed E-state index contributed by atoms with van der Waals surface area (Å²) < 4.78 is 0. The number of amides is 2. The third kappa shape index (κ3) is 3.96. The number of hydrogen-bond acceptors (Lipinski definition) is 6. The average Bonchev–Trinajstić information content (AvgIpc) is 2.84. The molecule has 6 N–H and O–H groups in total. The molecule has 1 heterocycles. The minimum absolute atomic E-state index is 0.201. The van der Waals surface area contributed by atoms with Crippen LogP contribution in [0, 0.1) is 0 Å². The molecule has 110 valence electrons. The summed E-state index contributed by atoms with van der Waals surface area (Å²) in [6.07, 6.45) is 0. The summed E-state index contributed by atoms with van der Waals surface area (Å²) in [5.74, 6) is -0.527. The number of rotatable bonds is 5. The van der Waals surface area contributed by atoms with Crippen molar-refractivity contribution in [1.82, 2.24) is 15.2 Å². The Morgan fingerprint density at radius 3 is 2.52 bits per heavy atom. The van der Waals surface area contributed by atoms with Crippen LogP contribution in [0.5, 0.6) is 0 Å². The molecule has 0 unspecified atom stereocenters. The van der Waals surface area contributed by atoms with Crippen molar-refractivity contribution in [1.29, 1.82) is 0 Å². The van der Waals surface area contributed by atoms with E-state index in [0.29, 0.717) is 16.4 Å². The number of anilines is 2. The van der Waals surface area contributed by atoms with Gasteiger partial charge in [0.1, 0.15) is 0 Å². The monoisotopic (exact) mass is 306 g/mol. The molecule has 0 aliphatic rings. The van der Waals surface area contributed by atoms with Crippen molar-refractivity contribution < 1.29 is 9.59 Å². The summed E-state index contributed by atoms with van der Waals surface area (Å²) in [4.78, 5) is 26.9. The Labute approximate surface area is 124 Å². The Morgan fingerprint density at radius 1 is 1.33 bits per heavy atom. The van der Waals surface area contributed by atoms with Gasteiger partial charge in [-0.15, -0.1) is 5.10 Å². The summed E-state index contributed by atoms with van der Waals surface area (Å²) in [5, 5.41) is 9.07. The number of thioether (sulfide) groups is 1. The van der Waals surface area contributed by atoms with E-state index in [0.717, 1.165) is 0 Å². The molecule has 1 aromatic carbocycles. The van der Waals surface area contributed by atoms with Gasteiger partial charge in [-0.3, -0.25) is 9.59 Å². The van der Waals surface area contributed by atoms with Crippen LogP contribution >= 0.6 is 11.8 Å². The van der Waals surface area contributed by atoms with E-state index in [1.165, 1.54) is 11.8 Å². The lowest BCUT2D eigenvalue weighted by atomic mass is 10.2. The molecule has 1 atom stereocenters. The van der Waals surface area contributed by atoms with Gasteiger partial charge in [0.15, 0.2) is 0 Å². The van der Waals surface area contributed by atoms with Crippen LogP contribution in [0.4, 0.5) is 11.6 Å². The van der Waals surface area contributed by atoms with Crippen molar-refractivity contribution in [3.8, 4) is 0 Å². The molecule has 8 nitrogen and oxygen atoms in total. The number of primary amides is 1. The number of aromatic nitrogens is 3. The van der Waals surface area contributed by atoms with Gasteiger partial charge in [0.05, 0.1) is 5.25 Å². The van der Waals surface area contributed by atoms with Crippen molar-refractivity contribution in [2.45, 2.75) is 17.3 Å². The topological polar surface area (TPSA) is 140 Å². The van der Waals surface area contributed by atoms with E-state index in [4.69, 9.17) is 11.5 Å². The van der Waals surface area contributed by atoms with Gasteiger partial charge in [0.25, 0.3) is 0 Å². The Balaban J connectivity index is 1.95.